The molecule has 1 N–H and O–H groups in total. The van der Waals surface area contributed by atoms with E-state index in [2.05, 4.69) is 0 Å². The van der Waals surface area contributed by atoms with Crippen LogP contribution < -0.4 is 4.74 Å². The van der Waals surface area contributed by atoms with Gasteiger partial charge in [-0.1, -0.05) is 23.2 Å². The maximum Gasteiger partial charge on any atom is 0.305 e. The van der Waals surface area contributed by atoms with Gasteiger partial charge in [0, 0.05) is 29.1 Å². The zero-order valence-electron chi connectivity index (χ0n) is 11.6. The van der Waals surface area contributed by atoms with Crippen LogP contribution in [0, 0.1) is 0 Å². The Balaban J connectivity index is 1.97. The number of aliphatic carboxylic acids is 1. The molecule has 22 heavy (non-hydrogen) atoms. The van der Waals surface area contributed by atoms with Crippen molar-refractivity contribution in [1.29, 1.82) is 0 Å². The Hall–Kier alpha value is -1.11. The standard InChI is InChI=1S/C14H15Cl2NO4S/c15-9-1-2-11(16)12(5-9)21-7-13(18)17-3-4-22-8-10(17)6-14(19)20/h1-2,5,10H,3-4,6-8H2,(H,19,20). The van der Waals surface area contributed by atoms with Crippen molar-refractivity contribution in [2.75, 3.05) is 24.7 Å². The van der Waals surface area contributed by atoms with Gasteiger partial charge in [0.25, 0.3) is 5.91 Å². The molecule has 1 aliphatic rings. The van der Waals surface area contributed by atoms with E-state index in [1.54, 1.807) is 28.8 Å². The number of amides is 1. The highest BCUT2D eigenvalue weighted by molar-refractivity contribution is 7.99. The number of carboxylic acid groups (broad SMARTS) is 1. The predicted octanol–water partition coefficient (Wildman–Crippen LogP) is 2.79. The second-order valence-electron chi connectivity index (χ2n) is 4.78. The summed E-state index contributed by atoms with van der Waals surface area (Å²) >= 11 is 13.5. The molecule has 1 aromatic rings. The van der Waals surface area contributed by atoms with E-state index in [9.17, 15) is 9.59 Å². The summed E-state index contributed by atoms with van der Waals surface area (Å²) in [5.74, 6) is 0.589. The van der Waals surface area contributed by atoms with Crippen LogP contribution in [-0.4, -0.2) is 52.6 Å². The van der Waals surface area contributed by atoms with Crippen LogP contribution in [0.2, 0.25) is 10.0 Å². The fourth-order valence-electron chi connectivity index (χ4n) is 2.16. The van der Waals surface area contributed by atoms with E-state index in [0.29, 0.717) is 28.1 Å². The first-order valence-corrected chi connectivity index (χ1v) is 8.55. The second kappa shape index (κ2) is 7.94. The van der Waals surface area contributed by atoms with Crippen molar-refractivity contribution in [3.8, 4) is 5.75 Å². The Labute approximate surface area is 142 Å². The van der Waals surface area contributed by atoms with Gasteiger partial charge in [-0.25, -0.2) is 0 Å². The molecule has 0 saturated carbocycles. The lowest BCUT2D eigenvalue weighted by Gasteiger charge is -2.34. The summed E-state index contributed by atoms with van der Waals surface area (Å²) in [7, 11) is 0. The largest absolute Gasteiger partial charge is 0.482 e. The number of rotatable bonds is 5. The molecule has 0 aliphatic carbocycles. The predicted molar refractivity (Wildman–Crippen MR) is 87.0 cm³/mol. The van der Waals surface area contributed by atoms with Gasteiger partial charge in [0.15, 0.2) is 6.61 Å². The minimum atomic E-state index is -0.913. The highest BCUT2D eigenvalue weighted by Crippen LogP contribution is 2.28. The fraction of sp³-hybridized carbons (Fsp3) is 0.429. The fourth-order valence-corrected chi connectivity index (χ4v) is 3.56. The molecule has 1 amide bonds. The minimum absolute atomic E-state index is 0.0589. The molecular formula is C14H15Cl2NO4S. The molecule has 1 aliphatic heterocycles. The lowest BCUT2D eigenvalue weighted by atomic mass is 10.2. The van der Waals surface area contributed by atoms with E-state index < -0.39 is 5.97 Å². The minimum Gasteiger partial charge on any atom is -0.482 e. The number of halogens is 2. The van der Waals surface area contributed by atoms with E-state index in [4.69, 9.17) is 33.0 Å². The Kier molecular flexibility index (Phi) is 6.23. The molecule has 1 unspecified atom stereocenters. The van der Waals surface area contributed by atoms with Crippen LogP contribution >= 0.6 is 35.0 Å². The zero-order chi connectivity index (χ0) is 16.1. The molecule has 1 atom stereocenters. The molecule has 120 valence electrons. The van der Waals surface area contributed by atoms with E-state index in [1.165, 1.54) is 6.07 Å². The number of hydrogen-bond acceptors (Lipinski definition) is 4. The van der Waals surface area contributed by atoms with Crippen molar-refractivity contribution < 1.29 is 19.4 Å². The molecule has 0 aromatic heterocycles. The third-order valence-electron chi connectivity index (χ3n) is 3.20. The molecule has 1 saturated heterocycles. The van der Waals surface area contributed by atoms with Crippen molar-refractivity contribution >= 4 is 46.8 Å². The van der Waals surface area contributed by atoms with E-state index >= 15 is 0 Å². The SMILES string of the molecule is O=C(O)CC1CSCCN1C(=O)COc1cc(Cl)ccc1Cl. The number of nitrogens with zero attached hydrogens (tertiary/aromatic N) is 1. The number of hydrogen-bond donors (Lipinski definition) is 1. The van der Waals surface area contributed by atoms with Gasteiger partial charge in [-0.2, -0.15) is 11.8 Å². The van der Waals surface area contributed by atoms with Crippen LogP contribution in [0.25, 0.3) is 0 Å². The summed E-state index contributed by atoms with van der Waals surface area (Å²) in [4.78, 5) is 24.7. The quantitative estimate of drug-likeness (QED) is 0.870. The average Bonchev–Trinajstić information content (AvgIpc) is 2.48. The van der Waals surface area contributed by atoms with Gasteiger partial charge in [0.2, 0.25) is 0 Å². The maximum absolute atomic E-state index is 12.3. The van der Waals surface area contributed by atoms with Crippen LogP contribution in [0.5, 0.6) is 5.75 Å². The summed E-state index contributed by atoms with van der Waals surface area (Å²) in [5.41, 5.74) is 0. The monoisotopic (exact) mass is 363 g/mol. The lowest BCUT2D eigenvalue weighted by Crippen LogP contribution is -2.48. The van der Waals surface area contributed by atoms with Gasteiger partial charge in [-0.05, 0) is 12.1 Å². The number of ether oxygens (including phenoxy) is 1. The van der Waals surface area contributed by atoms with Gasteiger partial charge in [0.05, 0.1) is 17.5 Å². The van der Waals surface area contributed by atoms with Gasteiger partial charge < -0.3 is 14.7 Å². The summed E-state index contributed by atoms with van der Waals surface area (Å²) in [6, 6.07) is 4.46. The molecule has 0 bridgehead atoms. The molecule has 1 aromatic carbocycles. The van der Waals surface area contributed by atoms with Crippen LogP contribution in [0.15, 0.2) is 18.2 Å². The first-order chi connectivity index (χ1) is 10.5. The van der Waals surface area contributed by atoms with Crippen LogP contribution in [0.4, 0.5) is 0 Å². The summed E-state index contributed by atoms with van der Waals surface area (Å²) in [5, 5.41) is 9.76. The summed E-state index contributed by atoms with van der Waals surface area (Å²) < 4.78 is 5.42. The highest BCUT2D eigenvalue weighted by Gasteiger charge is 2.29. The van der Waals surface area contributed by atoms with Crippen molar-refractivity contribution in [2.45, 2.75) is 12.5 Å². The Morgan fingerprint density at radius 2 is 2.18 bits per heavy atom. The molecule has 5 nitrogen and oxygen atoms in total. The summed E-state index contributed by atoms with van der Waals surface area (Å²) in [6.45, 7) is 0.328. The number of carbonyl (C=O) groups is 2. The Morgan fingerprint density at radius 1 is 1.41 bits per heavy atom. The lowest BCUT2D eigenvalue weighted by molar-refractivity contribution is -0.141. The van der Waals surface area contributed by atoms with Gasteiger partial charge in [0.1, 0.15) is 5.75 Å². The van der Waals surface area contributed by atoms with Crippen LogP contribution in [0.1, 0.15) is 6.42 Å². The van der Waals surface area contributed by atoms with Gasteiger partial charge in [-0.3, -0.25) is 9.59 Å². The Morgan fingerprint density at radius 3 is 2.91 bits per heavy atom. The smallest absolute Gasteiger partial charge is 0.305 e. The first kappa shape index (κ1) is 17.2. The second-order valence-corrected chi connectivity index (χ2v) is 6.77. The van der Waals surface area contributed by atoms with Crippen molar-refractivity contribution in [2.24, 2.45) is 0 Å². The molecule has 8 heteroatoms. The van der Waals surface area contributed by atoms with Crippen molar-refractivity contribution in [1.82, 2.24) is 4.90 Å². The Bertz CT molecular complexity index is 570. The number of benzene rings is 1. The van der Waals surface area contributed by atoms with E-state index in [-0.39, 0.29) is 25.0 Å². The zero-order valence-corrected chi connectivity index (χ0v) is 14.0. The molecule has 0 radical (unpaired) electrons. The van der Waals surface area contributed by atoms with Crippen molar-refractivity contribution in [3.63, 3.8) is 0 Å². The van der Waals surface area contributed by atoms with Crippen LogP contribution in [0.3, 0.4) is 0 Å². The molecule has 1 heterocycles. The normalized spacial score (nSPS) is 18.1. The number of carboxylic acids is 1. The third kappa shape index (κ3) is 4.69. The molecule has 2 rings (SSSR count). The highest BCUT2D eigenvalue weighted by atomic mass is 35.5. The van der Waals surface area contributed by atoms with Crippen molar-refractivity contribution in [3.05, 3.63) is 28.2 Å². The number of carbonyl (C=O) groups excluding carboxylic acids is 1. The molecule has 0 spiro atoms. The molecule has 1 fully saturated rings. The maximum atomic E-state index is 12.3. The van der Waals surface area contributed by atoms with E-state index in [1.807, 2.05) is 0 Å². The van der Waals surface area contributed by atoms with Crippen LogP contribution in [-0.2, 0) is 9.59 Å². The van der Waals surface area contributed by atoms with Gasteiger partial charge in [-0.15, -0.1) is 0 Å². The van der Waals surface area contributed by atoms with E-state index in [0.717, 1.165) is 5.75 Å². The molecular weight excluding hydrogens is 349 g/mol. The average molecular weight is 364 g/mol. The van der Waals surface area contributed by atoms with Gasteiger partial charge >= 0.3 is 5.97 Å². The first-order valence-electron chi connectivity index (χ1n) is 6.64. The topological polar surface area (TPSA) is 66.8 Å². The third-order valence-corrected chi connectivity index (χ3v) is 4.84. The summed E-state index contributed by atoms with van der Waals surface area (Å²) in [6.07, 6.45) is -0.0589. The number of thioether (sulfide) groups is 1.